The van der Waals surface area contributed by atoms with E-state index in [2.05, 4.69) is 4.72 Å². The molecular weight excluding hydrogens is 285 g/mol. The summed E-state index contributed by atoms with van der Waals surface area (Å²) in [6.45, 7) is 1.70. The maximum Gasteiger partial charge on any atom is 0.240 e. The van der Waals surface area contributed by atoms with Crippen LogP contribution in [0.25, 0.3) is 0 Å². The lowest BCUT2D eigenvalue weighted by Gasteiger charge is -2.11. The molecule has 8 heteroatoms. The third-order valence-corrected chi connectivity index (χ3v) is 3.96. The summed E-state index contributed by atoms with van der Waals surface area (Å²) in [7, 11) is 0.153. The van der Waals surface area contributed by atoms with Gasteiger partial charge in [-0.05, 0) is 32.3 Å². The first-order chi connectivity index (χ1) is 9.33. The van der Waals surface area contributed by atoms with Crippen LogP contribution in [-0.4, -0.2) is 53.7 Å². The fourth-order valence-electron chi connectivity index (χ4n) is 1.37. The van der Waals surface area contributed by atoms with Crippen molar-refractivity contribution in [2.75, 3.05) is 46.1 Å². The first-order valence-electron chi connectivity index (χ1n) is 6.10. The number of hydrogen-bond acceptors (Lipinski definition) is 5. The number of sulfonamides is 1. The number of hydrogen-bond donors (Lipinski definition) is 2. The van der Waals surface area contributed by atoms with Crippen molar-refractivity contribution >= 4 is 15.7 Å². The third-order valence-electron chi connectivity index (χ3n) is 2.50. The highest BCUT2D eigenvalue weighted by molar-refractivity contribution is 7.89. The predicted octanol–water partition coefficient (Wildman–Crippen LogP) is 0.264. The Hall–Kier alpha value is -1.22. The van der Waals surface area contributed by atoms with E-state index in [9.17, 15) is 12.8 Å². The Labute approximate surface area is 118 Å². The topological polar surface area (TPSA) is 84.7 Å². The zero-order chi connectivity index (χ0) is 15.2. The van der Waals surface area contributed by atoms with Crippen molar-refractivity contribution in [1.29, 1.82) is 0 Å². The van der Waals surface area contributed by atoms with Gasteiger partial charge in [-0.1, -0.05) is 0 Å². The van der Waals surface area contributed by atoms with E-state index in [1.807, 2.05) is 19.0 Å². The first-order valence-corrected chi connectivity index (χ1v) is 7.58. The number of ether oxygens (including phenoxy) is 1. The van der Waals surface area contributed by atoms with Crippen molar-refractivity contribution in [1.82, 2.24) is 9.62 Å². The SMILES string of the molecule is CN(C)CCOCCNS(=O)(=O)c1ccc(F)c(N)c1. The minimum atomic E-state index is -3.69. The molecule has 0 saturated heterocycles. The Kier molecular flexibility index (Phi) is 6.34. The lowest BCUT2D eigenvalue weighted by molar-refractivity contribution is 0.122. The Bertz CT molecular complexity index is 535. The summed E-state index contributed by atoms with van der Waals surface area (Å²) in [5.41, 5.74) is 5.14. The smallest absolute Gasteiger partial charge is 0.240 e. The van der Waals surface area contributed by atoms with Crippen molar-refractivity contribution in [3.63, 3.8) is 0 Å². The zero-order valence-corrected chi connectivity index (χ0v) is 12.4. The Balaban J connectivity index is 2.43. The van der Waals surface area contributed by atoms with Crippen LogP contribution < -0.4 is 10.5 Å². The molecule has 0 aliphatic carbocycles. The quantitative estimate of drug-likeness (QED) is 0.532. The molecule has 3 N–H and O–H groups in total. The summed E-state index contributed by atoms with van der Waals surface area (Å²) in [5, 5.41) is 0. The van der Waals surface area contributed by atoms with E-state index < -0.39 is 15.8 Å². The summed E-state index contributed by atoms with van der Waals surface area (Å²) in [6, 6.07) is 3.28. The van der Waals surface area contributed by atoms with Crippen LogP contribution in [0.2, 0.25) is 0 Å². The maximum absolute atomic E-state index is 13.0. The number of rotatable bonds is 8. The van der Waals surface area contributed by atoms with E-state index in [4.69, 9.17) is 10.5 Å². The summed E-state index contributed by atoms with van der Waals surface area (Å²) in [5.74, 6) is -0.643. The molecule has 0 heterocycles. The first kappa shape index (κ1) is 16.8. The number of nitrogens with zero attached hydrogens (tertiary/aromatic N) is 1. The van der Waals surface area contributed by atoms with Gasteiger partial charge in [-0.2, -0.15) is 0 Å². The highest BCUT2D eigenvalue weighted by Crippen LogP contribution is 2.16. The zero-order valence-electron chi connectivity index (χ0n) is 11.6. The van der Waals surface area contributed by atoms with Gasteiger partial charge >= 0.3 is 0 Å². The molecular formula is C12H20FN3O3S. The molecule has 114 valence electrons. The van der Waals surface area contributed by atoms with Gasteiger partial charge in [0, 0.05) is 13.1 Å². The number of nitrogen functional groups attached to an aromatic ring is 1. The molecule has 6 nitrogen and oxygen atoms in total. The van der Waals surface area contributed by atoms with Crippen molar-refractivity contribution in [3.8, 4) is 0 Å². The van der Waals surface area contributed by atoms with Crippen LogP contribution >= 0.6 is 0 Å². The van der Waals surface area contributed by atoms with Gasteiger partial charge in [0.15, 0.2) is 0 Å². The molecule has 0 aliphatic heterocycles. The predicted molar refractivity (Wildman–Crippen MR) is 75.4 cm³/mol. The van der Waals surface area contributed by atoms with Crippen molar-refractivity contribution in [3.05, 3.63) is 24.0 Å². The standard InChI is InChI=1S/C12H20FN3O3S/c1-16(2)6-8-19-7-5-15-20(17,18)10-3-4-11(13)12(14)9-10/h3-4,9,15H,5-8,14H2,1-2H3. The van der Waals surface area contributed by atoms with Crippen molar-refractivity contribution < 1.29 is 17.5 Å². The number of likely N-dealkylation sites (N-methyl/N-ethyl adjacent to an activating group) is 1. The average Bonchev–Trinajstić information content (AvgIpc) is 2.36. The van der Waals surface area contributed by atoms with Gasteiger partial charge in [-0.25, -0.2) is 17.5 Å². The fraction of sp³-hybridized carbons (Fsp3) is 0.500. The normalized spacial score (nSPS) is 12.0. The molecule has 0 saturated carbocycles. The lowest BCUT2D eigenvalue weighted by atomic mass is 10.3. The molecule has 0 bridgehead atoms. The molecule has 1 aromatic rings. The molecule has 0 unspecified atom stereocenters. The highest BCUT2D eigenvalue weighted by atomic mass is 32.2. The summed E-state index contributed by atoms with van der Waals surface area (Å²) >= 11 is 0. The van der Waals surface area contributed by atoms with Crippen LogP contribution in [0.5, 0.6) is 0 Å². The minimum Gasteiger partial charge on any atom is -0.396 e. The molecule has 0 aromatic heterocycles. The van der Waals surface area contributed by atoms with Crippen LogP contribution in [0.4, 0.5) is 10.1 Å². The number of nitrogens with one attached hydrogen (secondary N) is 1. The molecule has 1 rings (SSSR count). The molecule has 1 aromatic carbocycles. The minimum absolute atomic E-state index is 0.0651. The van der Waals surface area contributed by atoms with E-state index in [1.54, 1.807) is 0 Å². The summed E-state index contributed by atoms with van der Waals surface area (Å²) in [4.78, 5) is 1.90. The molecule has 0 amide bonds. The van der Waals surface area contributed by atoms with Gasteiger partial charge < -0.3 is 15.4 Å². The second-order valence-electron chi connectivity index (χ2n) is 4.50. The van der Waals surface area contributed by atoms with Crippen LogP contribution in [0.1, 0.15) is 0 Å². The molecule has 0 aliphatic rings. The second-order valence-corrected chi connectivity index (χ2v) is 6.26. The number of nitrogens with two attached hydrogens (primary N) is 1. The Morgan fingerprint density at radius 1 is 1.35 bits per heavy atom. The van der Waals surface area contributed by atoms with E-state index in [1.165, 1.54) is 6.07 Å². The Morgan fingerprint density at radius 2 is 2.05 bits per heavy atom. The van der Waals surface area contributed by atoms with Gasteiger partial charge in [-0.15, -0.1) is 0 Å². The number of anilines is 1. The van der Waals surface area contributed by atoms with E-state index in [0.717, 1.165) is 18.7 Å². The third kappa shape index (κ3) is 5.41. The largest absolute Gasteiger partial charge is 0.396 e. The van der Waals surface area contributed by atoms with Crippen molar-refractivity contribution in [2.24, 2.45) is 0 Å². The number of benzene rings is 1. The second kappa shape index (κ2) is 7.53. The summed E-state index contributed by atoms with van der Waals surface area (Å²) < 4.78 is 44.4. The highest BCUT2D eigenvalue weighted by Gasteiger charge is 2.14. The van der Waals surface area contributed by atoms with Gasteiger partial charge in [0.2, 0.25) is 10.0 Å². The lowest BCUT2D eigenvalue weighted by Crippen LogP contribution is -2.28. The van der Waals surface area contributed by atoms with Crippen molar-refractivity contribution in [2.45, 2.75) is 4.90 Å². The fourth-order valence-corrected chi connectivity index (χ4v) is 2.42. The van der Waals surface area contributed by atoms with E-state index in [0.29, 0.717) is 6.61 Å². The van der Waals surface area contributed by atoms with Gasteiger partial charge in [0.1, 0.15) is 5.82 Å². The van der Waals surface area contributed by atoms with E-state index >= 15 is 0 Å². The molecule has 0 fully saturated rings. The van der Waals surface area contributed by atoms with Gasteiger partial charge in [-0.3, -0.25) is 0 Å². The maximum atomic E-state index is 13.0. The van der Waals surface area contributed by atoms with Crippen LogP contribution in [0.3, 0.4) is 0 Å². The van der Waals surface area contributed by atoms with Gasteiger partial charge in [0.05, 0.1) is 23.8 Å². The summed E-state index contributed by atoms with van der Waals surface area (Å²) in [6.07, 6.45) is 0. The van der Waals surface area contributed by atoms with Crippen LogP contribution in [0.15, 0.2) is 23.1 Å². The van der Waals surface area contributed by atoms with Crippen LogP contribution in [-0.2, 0) is 14.8 Å². The van der Waals surface area contributed by atoms with Crippen LogP contribution in [0, 0.1) is 5.82 Å². The average molecular weight is 305 g/mol. The molecule has 0 radical (unpaired) electrons. The number of halogens is 1. The van der Waals surface area contributed by atoms with E-state index in [-0.39, 0.29) is 23.7 Å². The molecule has 0 atom stereocenters. The molecule has 20 heavy (non-hydrogen) atoms. The molecule has 0 spiro atoms. The monoisotopic (exact) mass is 305 g/mol. The Morgan fingerprint density at radius 3 is 2.65 bits per heavy atom. The van der Waals surface area contributed by atoms with Gasteiger partial charge in [0.25, 0.3) is 0 Å².